The Morgan fingerprint density at radius 1 is 1.58 bits per heavy atom. The van der Waals surface area contributed by atoms with Gasteiger partial charge in [0.25, 0.3) is 0 Å². The van der Waals surface area contributed by atoms with Crippen LogP contribution in [0.4, 0.5) is 6.01 Å². The molecule has 1 fully saturated rings. The van der Waals surface area contributed by atoms with Crippen LogP contribution in [0, 0.1) is 6.92 Å². The molecule has 66 valence electrons. The van der Waals surface area contributed by atoms with E-state index in [-0.39, 0.29) is 0 Å². The molecule has 0 saturated heterocycles. The van der Waals surface area contributed by atoms with E-state index in [1.54, 1.807) is 6.92 Å². The molecule has 2 rings (SSSR count). The van der Waals surface area contributed by atoms with Gasteiger partial charge in [0.1, 0.15) is 0 Å². The number of anilines is 1. The van der Waals surface area contributed by atoms with Crippen LogP contribution in [-0.2, 0) is 0 Å². The SMILES string of the molecule is Cc1noc(NC2CC(N)C2)n1. The van der Waals surface area contributed by atoms with Crippen molar-refractivity contribution in [1.29, 1.82) is 0 Å². The quantitative estimate of drug-likeness (QED) is 0.663. The fraction of sp³-hybridized carbons (Fsp3) is 0.714. The third-order valence-corrected chi connectivity index (χ3v) is 2.03. The molecule has 0 aromatic carbocycles. The van der Waals surface area contributed by atoms with Gasteiger partial charge in [0.15, 0.2) is 5.82 Å². The highest BCUT2D eigenvalue weighted by Gasteiger charge is 2.26. The molecule has 0 unspecified atom stereocenters. The Hall–Kier alpha value is -1.10. The van der Waals surface area contributed by atoms with Crippen molar-refractivity contribution in [3.8, 4) is 0 Å². The molecule has 0 radical (unpaired) electrons. The second kappa shape index (κ2) is 2.75. The van der Waals surface area contributed by atoms with Gasteiger partial charge >= 0.3 is 6.01 Å². The summed E-state index contributed by atoms with van der Waals surface area (Å²) in [4.78, 5) is 4.03. The number of nitrogens with zero attached hydrogens (tertiary/aromatic N) is 2. The van der Waals surface area contributed by atoms with Crippen molar-refractivity contribution in [2.75, 3.05) is 5.32 Å². The number of nitrogens with two attached hydrogens (primary N) is 1. The minimum Gasteiger partial charge on any atom is -0.335 e. The topological polar surface area (TPSA) is 77.0 Å². The fourth-order valence-corrected chi connectivity index (χ4v) is 1.31. The molecule has 1 heterocycles. The lowest BCUT2D eigenvalue weighted by Gasteiger charge is -2.32. The predicted molar refractivity (Wildman–Crippen MR) is 43.7 cm³/mol. The molecule has 5 nitrogen and oxygen atoms in total. The molecule has 3 N–H and O–H groups in total. The zero-order valence-corrected chi connectivity index (χ0v) is 6.95. The third kappa shape index (κ3) is 1.40. The molecule has 1 aliphatic carbocycles. The Labute approximate surface area is 70.3 Å². The smallest absolute Gasteiger partial charge is 0.321 e. The van der Waals surface area contributed by atoms with Gasteiger partial charge in [-0.25, -0.2) is 0 Å². The summed E-state index contributed by atoms with van der Waals surface area (Å²) in [6, 6.07) is 1.26. The summed E-state index contributed by atoms with van der Waals surface area (Å²) in [6.45, 7) is 1.79. The molecule has 0 atom stereocenters. The molecular weight excluding hydrogens is 156 g/mol. The number of aromatic nitrogens is 2. The van der Waals surface area contributed by atoms with Crippen molar-refractivity contribution in [2.24, 2.45) is 5.73 Å². The highest BCUT2D eigenvalue weighted by Crippen LogP contribution is 2.21. The van der Waals surface area contributed by atoms with E-state index in [1.807, 2.05) is 0 Å². The van der Waals surface area contributed by atoms with Crippen LogP contribution in [0.2, 0.25) is 0 Å². The zero-order valence-electron chi connectivity index (χ0n) is 6.95. The maximum atomic E-state index is 5.62. The van der Waals surface area contributed by atoms with Crippen LogP contribution in [0.5, 0.6) is 0 Å². The minimum absolute atomic E-state index is 0.339. The summed E-state index contributed by atoms with van der Waals surface area (Å²) < 4.78 is 4.89. The van der Waals surface area contributed by atoms with Crippen LogP contribution >= 0.6 is 0 Å². The lowest BCUT2D eigenvalue weighted by atomic mass is 9.88. The van der Waals surface area contributed by atoms with Crippen LogP contribution in [-0.4, -0.2) is 22.2 Å². The Bertz CT molecular complexity index is 266. The van der Waals surface area contributed by atoms with Gasteiger partial charge in [-0.2, -0.15) is 4.98 Å². The van der Waals surface area contributed by atoms with Crippen molar-refractivity contribution in [3.63, 3.8) is 0 Å². The van der Waals surface area contributed by atoms with Crippen molar-refractivity contribution in [2.45, 2.75) is 31.8 Å². The Morgan fingerprint density at radius 3 is 2.83 bits per heavy atom. The van der Waals surface area contributed by atoms with E-state index >= 15 is 0 Å². The van der Waals surface area contributed by atoms with Gasteiger partial charge in [-0.15, -0.1) is 0 Å². The molecule has 0 bridgehead atoms. The zero-order chi connectivity index (χ0) is 8.55. The van der Waals surface area contributed by atoms with Gasteiger partial charge in [0, 0.05) is 12.1 Å². The van der Waals surface area contributed by atoms with Gasteiger partial charge in [-0.05, 0) is 19.8 Å². The maximum absolute atomic E-state index is 5.62. The monoisotopic (exact) mass is 168 g/mol. The average molecular weight is 168 g/mol. The molecule has 1 aromatic heterocycles. The maximum Gasteiger partial charge on any atom is 0.321 e. The van der Waals surface area contributed by atoms with E-state index in [9.17, 15) is 0 Å². The summed E-state index contributed by atoms with van der Waals surface area (Å²) in [6.07, 6.45) is 1.98. The largest absolute Gasteiger partial charge is 0.335 e. The lowest BCUT2D eigenvalue weighted by molar-refractivity contribution is 0.354. The van der Waals surface area contributed by atoms with Crippen LogP contribution in [0.1, 0.15) is 18.7 Å². The standard InChI is InChI=1S/C7H12N4O/c1-4-9-7(12-11-4)10-6-2-5(8)3-6/h5-6H,2-3,8H2,1H3,(H,9,10,11). The van der Waals surface area contributed by atoms with Crippen molar-refractivity contribution >= 4 is 6.01 Å². The van der Waals surface area contributed by atoms with E-state index in [2.05, 4.69) is 15.5 Å². The van der Waals surface area contributed by atoms with Crippen molar-refractivity contribution < 1.29 is 4.52 Å². The summed E-state index contributed by atoms with van der Waals surface area (Å²) in [7, 11) is 0. The van der Waals surface area contributed by atoms with E-state index in [1.165, 1.54) is 0 Å². The number of nitrogens with one attached hydrogen (secondary N) is 1. The molecule has 0 aliphatic heterocycles. The molecule has 12 heavy (non-hydrogen) atoms. The highest BCUT2D eigenvalue weighted by molar-refractivity contribution is 5.22. The first-order chi connectivity index (χ1) is 5.74. The highest BCUT2D eigenvalue weighted by atomic mass is 16.5. The summed E-state index contributed by atoms with van der Waals surface area (Å²) in [5, 5.41) is 6.78. The van der Waals surface area contributed by atoms with Crippen LogP contribution in [0.25, 0.3) is 0 Å². The second-order valence-corrected chi connectivity index (χ2v) is 3.22. The van der Waals surface area contributed by atoms with Gasteiger partial charge in [-0.3, -0.25) is 0 Å². The molecule has 0 spiro atoms. The molecule has 1 aliphatic rings. The molecular formula is C7H12N4O. The van der Waals surface area contributed by atoms with Crippen molar-refractivity contribution in [1.82, 2.24) is 10.1 Å². The average Bonchev–Trinajstić information content (AvgIpc) is 2.33. The number of aryl methyl sites for hydroxylation is 1. The Balaban J connectivity index is 1.88. The second-order valence-electron chi connectivity index (χ2n) is 3.22. The first kappa shape index (κ1) is 7.54. The fourth-order valence-electron chi connectivity index (χ4n) is 1.31. The molecule has 5 heteroatoms. The summed E-state index contributed by atoms with van der Waals surface area (Å²) >= 11 is 0. The number of hydrogen-bond donors (Lipinski definition) is 2. The van der Waals surface area contributed by atoms with Gasteiger partial charge in [-0.1, -0.05) is 5.16 Å². The normalized spacial score (nSPS) is 28.2. The van der Waals surface area contributed by atoms with Crippen molar-refractivity contribution in [3.05, 3.63) is 5.82 Å². The summed E-state index contributed by atoms with van der Waals surface area (Å²) in [5.41, 5.74) is 5.62. The number of hydrogen-bond acceptors (Lipinski definition) is 5. The first-order valence-electron chi connectivity index (χ1n) is 4.06. The third-order valence-electron chi connectivity index (χ3n) is 2.03. The lowest BCUT2D eigenvalue weighted by Crippen LogP contribution is -2.44. The molecule has 1 saturated carbocycles. The minimum atomic E-state index is 0.339. The van der Waals surface area contributed by atoms with Crippen LogP contribution in [0.15, 0.2) is 4.52 Å². The summed E-state index contributed by atoms with van der Waals surface area (Å²) in [5.74, 6) is 0.654. The van der Waals surface area contributed by atoms with Gasteiger partial charge in [0.2, 0.25) is 0 Å². The Morgan fingerprint density at radius 2 is 2.33 bits per heavy atom. The molecule has 0 amide bonds. The Kier molecular flexibility index (Phi) is 1.73. The van der Waals surface area contributed by atoms with Gasteiger partial charge < -0.3 is 15.6 Å². The number of rotatable bonds is 2. The van der Waals surface area contributed by atoms with E-state index < -0.39 is 0 Å². The van der Waals surface area contributed by atoms with Crippen LogP contribution < -0.4 is 11.1 Å². The van der Waals surface area contributed by atoms with E-state index in [0.717, 1.165) is 12.8 Å². The first-order valence-corrected chi connectivity index (χ1v) is 4.06. The van der Waals surface area contributed by atoms with E-state index in [4.69, 9.17) is 10.3 Å². The molecule has 1 aromatic rings. The van der Waals surface area contributed by atoms with E-state index in [0.29, 0.717) is 23.9 Å². The predicted octanol–water partition coefficient (Wildman–Crippen LogP) is 0.280. The van der Waals surface area contributed by atoms with Gasteiger partial charge in [0.05, 0.1) is 0 Å². The van der Waals surface area contributed by atoms with Crippen LogP contribution in [0.3, 0.4) is 0 Å².